The van der Waals surface area contributed by atoms with E-state index in [1.807, 2.05) is 125 Å². The first-order valence-electron chi connectivity index (χ1n) is 38.2. The molecule has 0 bridgehead atoms. The Bertz CT molecular complexity index is 891. The summed E-state index contributed by atoms with van der Waals surface area (Å²) in [5, 5.41) is 6.93. The Balaban J connectivity index is -0.000000104. The Labute approximate surface area is 533 Å². The maximum absolute atomic E-state index is 5.54. The molecule has 5 heterocycles. The maximum Gasteiger partial charge on any atom is 0.0598 e. The summed E-state index contributed by atoms with van der Waals surface area (Å²) in [4.78, 5) is 0. The van der Waals surface area contributed by atoms with Crippen LogP contribution in [-0.4, -0.2) is 64.3 Å². The van der Waals surface area contributed by atoms with Gasteiger partial charge in [-0.2, -0.15) is 0 Å². The smallest absolute Gasteiger partial charge is 0.0598 e. The van der Waals surface area contributed by atoms with Crippen molar-refractivity contribution in [3.8, 4) is 0 Å². The van der Waals surface area contributed by atoms with E-state index in [0.717, 1.165) is 103 Å². The van der Waals surface area contributed by atoms with Gasteiger partial charge in [0, 0.05) is 32.5 Å². The zero-order valence-electron chi connectivity index (χ0n) is 65.3. The molecule has 0 aromatic heterocycles. The van der Waals surface area contributed by atoms with Gasteiger partial charge in [0.05, 0.1) is 12.2 Å². The molecule has 0 radical (unpaired) electrons. The standard InChI is InChI=1S/2C8H17N.2C8H16O.C8H16.C7H14O.C7H14.C6H12.9C2H6/c1-7(2)8-4-3-5-9-6-8;1-7(2)8-5-3-4-6-9-8;1-7(2)8-3-5-9-6-4-8;1-7(2)8-5-3-4-6-9-8;1-7(2)8-5-3-4-6-8;1-6(2)7-4-3-5-8-7;1-6(2)7-4-3-5-7;1-5(2)6-3-4-6;9*1-2/h2*7-9H,3-6H2,1-2H3;2*7-8H,3-6H2,1-2H3;7-8H,3-6H2,1-2H3;6-7H,3-5H2,1-2H3;6-7H,3-5H2,1-2H3;5-6H,3-4H2,1-2H3;9*1-2H3. The molecule has 8 fully saturated rings. The number of nitrogens with one attached hydrogen (secondary N) is 2. The van der Waals surface area contributed by atoms with Gasteiger partial charge in [-0.25, -0.2) is 0 Å². The summed E-state index contributed by atoms with van der Waals surface area (Å²) in [7, 11) is 0. The minimum absolute atomic E-state index is 0.554. The molecule has 0 spiro atoms. The summed E-state index contributed by atoms with van der Waals surface area (Å²) >= 11 is 0. The van der Waals surface area contributed by atoms with Gasteiger partial charge in [0.1, 0.15) is 0 Å². The van der Waals surface area contributed by atoms with E-state index < -0.39 is 0 Å². The van der Waals surface area contributed by atoms with Gasteiger partial charge in [-0.15, -0.1) is 0 Å². The Hall–Kier alpha value is -0.200. The van der Waals surface area contributed by atoms with Crippen molar-refractivity contribution in [2.45, 2.75) is 388 Å². The van der Waals surface area contributed by atoms with E-state index in [2.05, 4.69) is 121 Å². The van der Waals surface area contributed by atoms with Crippen LogP contribution in [0.5, 0.6) is 0 Å². The van der Waals surface area contributed by atoms with Crippen LogP contribution >= 0.6 is 0 Å². The summed E-state index contributed by atoms with van der Waals surface area (Å²) in [5.74, 6) is 12.0. The van der Waals surface area contributed by atoms with Gasteiger partial charge in [-0.05, 0) is 180 Å². The van der Waals surface area contributed by atoms with Crippen molar-refractivity contribution >= 4 is 0 Å². The van der Waals surface area contributed by atoms with Crippen LogP contribution in [0.3, 0.4) is 0 Å². The van der Waals surface area contributed by atoms with Crippen LogP contribution < -0.4 is 10.6 Å². The maximum atomic E-state index is 5.54. The lowest BCUT2D eigenvalue weighted by Crippen LogP contribution is -2.37. The normalized spacial score (nSPS) is 21.2. The van der Waals surface area contributed by atoms with Crippen LogP contribution in [0.15, 0.2) is 0 Å². The SMILES string of the molecule is CC.CC.CC.CC.CC.CC.CC.CC.CC.CC(C)C1CC1.CC(C)C1CCC1.CC(C)C1CCCC1.CC(C)C1CCCCN1.CC(C)C1CCCCO1.CC(C)C1CCCNC1.CC(C)C1CCCO1.CC(C)C1CCOCC1. The first-order valence-corrected chi connectivity index (χ1v) is 38.2. The molecule has 5 saturated heterocycles. The molecule has 5 nitrogen and oxygen atoms in total. The molecule has 8 aliphatic rings. The molecule has 3 saturated carbocycles. The minimum atomic E-state index is 0.554. The fourth-order valence-corrected chi connectivity index (χ4v) is 10.2. The molecule has 3 aliphatic carbocycles. The first-order chi connectivity index (χ1) is 39.9. The summed E-state index contributed by atoms with van der Waals surface area (Å²) in [5.41, 5.74) is 0. The largest absolute Gasteiger partial charge is 0.381 e. The zero-order chi connectivity index (χ0) is 66.6. The van der Waals surface area contributed by atoms with Crippen LogP contribution in [0.4, 0.5) is 0 Å². The highest BCUT2D eigenvalue weighted by Gasteiger charge is 2.24. The van der Waals surface area contributed by atoms with E-state index in [1.165, 1.54) is 154 Å². The van der Waals surface area contributed by atoms with Crippen molar-refractivity contribution < 1.29 is 14.2 Å². The van der Waals surface area contributed by atoms with Crippen LogP contribution in [0, 0.1) is 76.9 Å². The van der Waals surface area contributed by atoms with E-state index in [9.17, 15) is 0 Å². The van der Waals surface area contributed by atoms with Gasteiger partial charge in [0.15, 0.2) is 0 Å². The van der Waals surface area contributed by atoms with Crippen molar-refractivity contribution in [2.75, 3.05) is 46.1 Å². The molecule has 4 unspecified atom stereocenters. The summed E-state index contributed by atoms with van der Waals surface area (Å²) in [6.45, 7) is 80.3. The molecule has 5 heteroatoms. The number of rotatable bonds is 8. The monoisotopic (exact) mass is 1190 g/mol. The third-order valence-corrected chi connectivity index (χ3v) is 16.3. The summed E-state index contributed by atoms with van der Waals surface area (Å²) in [6.07, 6.45) is 30.6. The van der Waals surface area contributed by atoms with E-state index in [0.29, 0.717) is 18.1 Å². The predicted molar refractivity (Wildman–Crippen MR) is 390 cm³/mol. The second-order valence-electron chi connectivity index (χ2n) is 24.6. The van der Waals surface area contributed by atoms with E-state index >= 15 is 0 Å². The van der Waals surface area contributed by atoms with Crippen LogP contribution in [0.25, 0.3) is 0 Å². The molecular formula is C78H176N2O3. The predicted octanol–water partition coefficient (Wildman–Crippen LogP) is 26.1. The number of ether oxygens (including phenoxy) is 3. The molecule has 0 aromatic rings. The molecule has 0 aromatic carbocycles. The average Bonchev–Trinajstić information content (AvgIpc) is 3.94. The van der Waals surface area contributed by atoms with Crippen LogP contribution in [0.2, 0.25) is 0 Å². The lowest BCUT2D eigenvalue weighted by Gasteiger charge is -2.28. The molecule has 83 heavy (non-hydrogen) atoms. The second kappa shape index (κ2) is 81.8. The van der Waals surface area contributed by atoms with Crippen LogP contribution in [0.1, 0.15) is 370 Å². The Kier molecular flexibility index (Phi) is 100. The third-order valence-electron chi connectivity index (χ3n) is 16.3. The van der Waals surface area contributed by atoms with Crippen molar-refractivity contribution in [3.63, 3.8) is 0 Å². The van der Waals surface area contributed by atoms with Crippen molar-refractivity contribution in [1.29, 1.82) is 0 Å². The molecule has 5 aliphatic heterocycles. The summed E-state index contributed by atoms with van der Waals surface area (Å²) in [6, 6.07) is 0.804. The van der Waals surface area contributed by atoms with Crippen LogP contribution in [-0.2, 0) is 14.2 Å². The van der Waals surface area contributed by atoms with E-state index in [4.69, 9.17) is 14.2 Å². The second-order valence-corrected chi connectivity index (χ2v) is 24.6. The molecule has 4 atom stereocenters. The topological polar surface area (TPSA) is 51.8 Å². The number of hydrogen-bond donors (Lipinski definition) is 2. The van der Waals surface area contributed by atoms with Gasteiger partial charge in [0.2, 0.25) is 0 Å². The number of hydrogen-bond acceptors (Lipinski definition) is 5. The van der Waals surface area contributed by atoms with Crippen molar-refractivity contribution in [2.24, 2.45) is 76.9 Å². The fourth-order valence-electron chi connectivity index (χ4n) is 10.2. The quantitative estimate of drug-likeness (QED) is 0.254. The molecular weight excluding hydrogens is 1010 g/mol. The minimum Gasteiger partial charge on any atom is -0.381 e. The van der Waals surface area contributed by atoms with E-state index in [1.54, 1.807) is 0 Å². The molecule has 0 amide bonds. The van der Waals surface area contributed by atoms with Crippen molar-refractivity contribution in [3.05, 3.63) is 0 Å². The van der Waals surface area contributed by atoms with Crippen molar-refractivity contribution in [1.82, 2.24) is 10.6 Å². The van der Waals surface area contributed by atoms with Gasteiger partial charge < -0.3 is 24.8 Å². The highest BCUT2D eigenvalue weighted by molar-refractivity contribution is 4.76. The average molecular weight is 1190 g/mol. The summed E-state index contributed by atoms with van der Waals surface area (Å²) < 4.78 is 16.2. The fraction of sp³-hybridized carbons (Fsp3) is 1.00. The number of piperidine rings is 2. The Morgan fingerprint density at radius 2 is 0.578 bits per heavy atom. The Morgan fingerprint density at radius 1 is 0.253 bits per heavy atom. The molecule has 2 N–H and O–H groups in total. The molecule has 8 rings (SSSR count). The lowest BCUT2D eigenvalue weighted by atomic mass is 9.78. The zero-order valence-corrected chi connectivity index (χ0v) is 65.3. The van der Waals surface area contributed by atoms with Gasteiger partial charge in [-0.3, -0.25) is 0 Å². The lowest BCUT2D eigenvalue weighted by molar-refractivity contribution is -0.0115. The van der Waals surface area contributed by atoms with Gasteiger partial charge in [0.25, 0.3) is 0 Å². The highest BCUT2D eigenvalue weighted by Crippen LogP contribution is 2.36. The van der Waals surface area contributed by atoms with Gasteiger partial charge >= 0.3 is 0 Å². The first kappa shape index (κ1) is 102. The third kappa shape index (κ3) is 69.1. The molecule has 516 valence electrons. The van der Waals surface area contributed by atoms with E-state index in [-0.39, 0.29) is 0 Å². The Morgan fingerprint density at radius 3 is 0.759 bits per heavy atom. The van der Waals surface area contributed by atoms with Gasteiger partial charge in [-0.1, -0.05) is 287 Å². The highest BCUT2D eigenvalue weighted by atomic mass is 16.5.